The van der Waals surface area contributed by atoms with Gasteiger partial charge in [-0.2, -0.15) is 0 Å². The largest absolute Gasteiger partial charge is 0.358 e. The minimum Gasteiger partial charge on any atom is -0.358 e. The van der Waals surface area contributed by atoms with Crippen LogP contribution in [0.2, 0.25) is 0 Å². The van der Waals surface area contributed by atoms with E-state index >= 15 is 4.39 Å². The Morgan fingerprint density at radius 3 is 2.36 bits per heavy atom. The Morgan fingerprint density at radius 2 is 1.74 bits per heavy atom. The van der Waals surface area contributed by atoms with Crippen LogP contribution in [0.5, 0.6) is 0 Å². The number of amides is 1. The van der Waals surface area contributed by atoms with Gasteiger partial charge in [-0.1, -0.05) is 38.1 Å². The molecule has 4 nitrogen and oxygen atoms in total. The topological polar surface area (TPSA) is 42.4 Å². The average molecular weight is 563 g/mol. The van der Waals surface area contributed by atoms with E-state index in [9.17, 15) is 22.4 Å². The van der Waals surface area contributed by atoms with Crippen LogP contribution in [0.3, 0.4) is 0 Å². The summed E-state index contributed by atoms with van der Waals surface area (Å²) in [5.41, 5.74) is 1.82. The van der Waals surface area contributed by atoms with E-state index in [1.165, 1.54) is 34.9 Å². The highest BCUT2D eigenvalue weighted by atomic mass is 32.2. The van der Waals surface area contributed by atoms with Crippen LogP contribution in [-0.2, 0) is 16.1 Å². The second-order valence-corrected chi connectivity index (χ2v) is 10.3. The van der Waals surface area contributed by atoms with Gasteiger partial charge < -0.3 is 9.64 Å². The number of alkyl halides is 2. The highest BCUT2D eigenvalue weighted by molar-refractivity contribution is 8.02. The molecule has 0 N–H and O–H groups in total. The summed E-state index contributed by atoms with van der Waals surface area (Å²) in [6, 6.07) is 10.1. The Bertz CT molecular complexity index is 1350. The number of ether oxygens (including phenoxy) is 1. The molecule has 0 saturated carbocycles. The number of carbonyl (C=O) groups is 1. The SMILES string of the molecule is CC(C)c1cc(CN(C(=O)C(OCC(F)F)c2ccc(-c3ccc(F)c(F)c3)cc2F)C2C=CSC2)ccn1. The zero-order chi connectivity index (χ0) is 28.1. The Balaban J connectivity index is 1.69. The van der Waals surface area contributed by atoms with E-state index in [1.54, 1.807) is 12.3 Å². The zero-order valence-corrected chi connectivity index (χ0v) is 22.1. The molecule has 2 atom stereocenters. The number of rotatable bonds is 10. The van der Waals surface area contributed by atoms with E-state index in [2.05, 4.69) is 4.98 Å². The molecule has 206 valence electrons. The van der Waals surface area contributed by atoms with Gasteiger partial charge in [0.25, 0.3) is 12.3 Å². The van der Waals surface area contributed by atoms with Crippen molar-refractivity contribution < 1.29 is 31.5 Å². The quantitative estimate of drug-likeness (QED) is 0.244. The third kappa shape index (κ3) is 7.05. The molecule has 0 aliphatic carbocycles. The number of aromatic nitrogens is 1. The van der Waals surface area contributed by atoms with Gasteiger partial charge in [0, 0.05) is 29.8 Å². The van der Waals surface area contributed by atoms with E-state index in [-0.39, 0.29) is 35.2 Å². The smallest absolute Gasteiger partial charge is 0.261 e. The predicted octanol–water partition coefficient (Wildman–Crippen LogP) is 7.27. The lowest BCUT2D eigenvalue weighted by Crippen LogP contribution is -2.43. The molecule has 2 heterocycles. The molecule has 1 aliphatic rings. The summed E-state index contributed by atoms with van der Waals surface area (Å²) >= 11 is 1.50. The van der Waals surface area contributed by atoms with E-state index in [1.807, 2.05) is 31.4 Å². The van der Waals surface area contributed by atoms with E-state index in [4.69, 9.17) is 4.74 Å². The first-order chi connectivity index (χ1) is 18.6. The molecular formula is C29H27F5N2O2S. The van der Waals surface area contributed by atoms with Gasteiger partial charge in [-0.05, 0) is 58.3 Å². The number of benzene rings is 2. The maximum absolute atomic E-state index is 15.4. The van der Waals surface area contributed by atoms with Crippen LogP contribution in [0.25, 0.3) is 11.1 Å². The molecule has 0 fully saturated rings. The molecule has 2 aromatic carbocycles. The minimum atomic E-state index is -2.88. The fourth-order valence-electron chi connectivity index (χ4n) is 4.22. The van der Waals surface area contributed by atoms with Crippen LogP contribution >= 0.6 is 11.8 Å². The second-order valence-electron chi connectivity index (χ2n) is 9.41. The molecule has 1 amide bonds. The fraction of sp³-hybridized carbons (Fsp3) is 0.310. The molecule has 0 bridgehead atoms. The summed E-state index contributed by atoms with van der Waals surface area (Å²) in [6.07, 6.45) is -1.05. The molecule has 10 heteroatoms. The van der Waals surface area contributed by atoms with Gasteiger partial charge in [-0.25, -0.2) is 22.0 Å². The van der Waals surface area contributed by atoms with Crippen LogP contribution in [0.15, 0.2) is 66.2 Å². The maximum Gasteiger partial charge on any atom is 0.261 e. The molecule has 0 spiro atoms. The van der Waals surface area contributed by atoms with E-state index in [0.29, 0.717) is 5.75 Å². The summed E-state index contributed by atoms with van der Waals surface area (Å²) in [5, 5.41) is 1.85. The molecular weight excluding hydrogens is 535 g/mol. The molecule has 0 radical (unpaired) electrons. The van der Waals surface area contributed by atoms with Crippen molar-refractivity contribution in [2.24, 2.45) is 0 Å². The summed E-state index contributed by atoms with van der Waals surface area (Å²) in [4.78, 5) is 19.7. The first kappa shape index (κ1) is 28.8. The molecule has 4 rings (SSSR count). The van der Waals surface area contributed by atoms with Crippen molar-refractivity contribution in [1.82, 2.24) is 9.88 Å². The molecule has 1 aromatic heterocycles. The Labute approximate surface area is 227 Å². The van der Waals surface area contributed by atoms with Crippen molar-refractivity contribution in [3.63, 3.8) is 0 Å². The summed E-state index contributed by atoms with van der Waals surface area (Å²) in [5.74, 6) is -3.01. The highest BCUT2D eigenvalue weighted by Gasteiger charge is 2.34. The maximum atomic E-state index is 15.4. The minimum absolute atomic E-state index is 0.139. The monoisotopic (exact) mass is 562 g/mol. The standard InChI is InChI=1S/C29H27F5N2O2S/c1-17(2)26-11-18(7-9-35-26)14-36(21-8-10-39-16-21)29(37)28(38-15-27(33)34)22-5-3-19(12-24(22)31)20-4-6-23(30)25(32)13-20/h3-13,17,21,27-28H,14-16H2,1-2H3. The van der Waals surface area contributed by atoms with Gasteiger partial charge in [-0.15, -0.1) is 11.8 Å². The normalized spacial score (nSPS) is 15.8. The number of pyridine rings is 1. The summed E-state index contributed by atoms with van der Waals surface area (Å²) < 4.78 is 74.1. The van der Waals surface area contributed by atoms with Crippen molar-refractivity contribution in [3.05, 3.63) is 100 Å². The van der Waals surface area contributed by atoms with Crippen molar-refractivity contribution in [2.45, 2.75) is 44.9 Å². The van der Waals surface area contributed by atoms with Gasteiger partial charge >= 0.3 is 0 Å². The third-order valence-corrected chi connectivity index (χ3v) is 7.17. The first-order valence-electron chi connectivity index (χ1n) is 12.3. The van der Waals surface area contributed by atoms with Crippen LogP contribution in [0, 0.1) is 17.5 Å². The lowest BCUT2D eigenvalue weighted by Gasteiger charge is -2.32. The molecule has 39 heavy (non-hydrogen) atoms. The van der Waals surface area contributed by atoms with Gasteiger partial charge in [0.1, 0.15) is 12.4 Å². The Kier molecular flexibility index (Phi) is 9.40. The molecule has 1 aliphatic heterocycles. The van der Waals surface area contributed by atoms with Crippen molar-refractivity contribution in [2.75, 3.05) is 12.4 Å². The number of halogens is 5. The van der Waals surface area contributed by atoms with Gasteiger partial charge in [0.2, 0.25) is 0 Å². The van der Waals surface area contributed by atoms with Crippen molar-refractivity contribution in [1.29, 1.82) is 0 Å². The van der Waals surface area contributed by atoms with E-state index < -0.39 is 42.5 Å². The number of hydrogen-bond acceptors (Lipinski definition) is 4. The van der Waals surface area contributed by atoms with Gasteiger partial charge in [-0.3, -0.25) is 9.78 Å². The molecule has 3 aromatic rings. The van der Waals surface area contributed by atoms with E-state index in [0.717, 1.165) is 29.5 Å². The van der Waals surface area contributed by atoms with Gasteiger partial charge in [0.05, 0.1) is 6.04 Å². The fourth-order valence-corrected chi connectivity index (χ4v) is 5.11. The zero-order valence-electron chi connectivity index (χ0n) is 21.3. The Morgan fingerprint density at radius 1 is 1.03 bits per heavy atom. The van der Waals surface area contributed by atoms with Crippen LogP contribution < -0.4 is 0 Å². The lowest BCUT2D eigenvalue weighted by molar-refractivity contribution is -0.149. The van der Waals surface area contributed by atoms with Crippen LogP contribution in [-0.4, -0.2) is 40.6 Å². The third-order valence-electron chi connectivity index (χ3n) is 6.29. The molecule has 0 saturated heterocycles. The highest BCUT2D eigenvalue weighted by Crippen LogP contribution is 2.32. The number of thioether (sulfide) groups is 1. The molecule has 2 unspecified atom stereocenters. The second kappa shape index (κ2) is 12.7. The summed E-state index contributed by atoms with van der Waals surface area (Å²) in [7, 11) is 0. The number of carbonyl (C=O) groups excluding carboxylic acids is 1. The average Bonchev–Trinajstić information content (AvgIpc) is 3.44. The van der Waals surface area contributed by atoms with Gasteiger partial charge in [0.15, 0.2) is 17.7 Å². The predicted molar refractivity (Wildman–Crippen MR) is 141 cm³/mol. The number of hydrogen-bond donors (Lipinski definition) is 0. The first-order valence-corrected chi connectivity index (χ1v) is 13.4. The lowest BCUT2D eigenvalue weighted by atomic mass is 9.99. The van der Waals surface area contributed by atoms with Crippen molar-refractivity contribution >= 4 is 17.7 Å². The van der Waals surface area contributed by atoms with Crippen LogP contribution in [0.1, 0.15) is 42.7 Å². The van der Waals surface area contributed by atoms with Crippen LogP contribution in [0.4, 0.5) is 22.0 Å². The Hall–Kier alpha value is -3.24. The summed E-state index contributed by atoms with van der Waals surface area (Å²) in [6.45, 7) is 3.05. The number of nitrogens with zero attached hydrogens (tertiary/aromatic N) is 2. The van der Waals surface area contributed by atoms with Crippen molar-refractivity contribution in [3.8, 4) is 11.1 Å².